The van der Waals surface area contributed by atoms with Crippen LogP contribution in [0.1, 0.15) is 0 Å². The molecule has 0 atom stereocenters. The average molecular weight is 154 g/mol. The minimum Gasteiger partial charge on any atom is -0.418 e. The highest BCUT2D eigenvalue weighted by molar-refractivity contribution is 6.68. The van der Waals surface area contributed by atoms with E-state index in [0.717, 1.165) is 0 Å². The first-order chi connectivity index (χ1) is 3.62. The quantitative estimate of drug-likeness (QED) is 0.317. The molecule has 0 aliphatic carbocycles. The first-order valence-electron chi connectivity index (χ1n) is 2.20. The lowest BCUT2D eigenvalue weighted by Crippen LogP contribution is -2.34. The predicted molar refractivity (Wildman–Crippen MR) is 33.0 cm³/mol. The smallest absolute Gasteiger partial charge is 0.359 e. The highest BCUT2D eigenvalue weighted by Gasteiger charge is 2.23. The lowest BCUT2D eigenvalue weighted by atomic mass is 11.9. The maximum atomic E-state index is 8.29. The molecule has 0 spiro atoms. The van der Waals surface area contributed by atoms with E-state index >= 15 is 0 Å². The number of hydrogen-bond acceptors (Lipinski definition) is 4. The minimum atomic E-state index is -2.31. The third kappa shape index (κ3) is 3.30. The fourth-order valence-corrected chi connectivity index (χ4v) is 1.64. The van der Waals surface area contributed by atoms with Gasteiger partial charge in [-0.05, 0) is 13.1 Å². The zero-order valence-corrected chi connectivity index (χ0v) is 7.33. The van der Waals surface area contributed by atoms with Gasteiger partial charge in [0.25, 0.3) is 10.0 Å². The van der Waals surface area contributed by atoms with Crippen molar-refractivity contribution >= 4 is 18.6 Å². The van der Waals surface area contributed by atoms with Gasteiger partial charge >= 0.3 is 8.56 Å². The normalized spacial score (nSPS) is 13.5. The molecular weight excluding hydrogens is 144 g/mol. The van der Waals surface area contributed by atoms with E-state index in [-0.39, 0.29) is 0 Å². The van der Waals surface area contributed by atoms with Gasteiger partial charge in [-0.15, -0.1) is 0 Å². The third-order valence-electron chi connectivity index (χ3n) is 0.632. The van der Waals surface area contributed by atoms with E-state index in [1.54, 1.807) is 13.1 Å². The van der Waals surface area contributed by atoms with Crippen molar-refractivity contribution in [3.05, 3.63) is 0 Å². The second kappa shape index (κ2) is 3.33. The van der Waals surface area contributed by atoms with Gasteiger partial charge in [-0.2, -0.15) is 0 Å². The Labute approximate surface area is 51.3 Å². The fourth-order valence-electron chi connectivity index (χ4n) is 0.182. The topological polar surface area (TPSA) is 58.9 Å². The Bertz CT molecular complexity index is 65.1. The molecule has 0 saturated carbocycles. The zero-order valence-electron chi connectivity index (χ0n) is 4.92. The van der Waals surface area contributed by atoms with Gasteiger partial charge in [0.2, 0.25) is 0 Å². The van der Waals surface area contributed by atoms with Crippen molar-refractivity contribution in [2.24, 2.45) is 0 Å². The van der Waals surface area contributed by atoms with E-state index in [9.17, 15) is 0 Å². The van der Waals surface area contributed by atoms with Crippen molar-refractivity contribution in [3.8, 4) is 0 Å². The van der Waals surface area contributed by atoms with E-state index in [4.69, 9.17) is 14.2 Å². The molecule has 4 nitrogen and oxygen atoms in total. The predicted octanol–water partition coefficient (Wildman–Crippen LogP) is -0.815. The summed E-state index contributed by atoms with van der Waals surface area (Å²) in [5, 5.41) is 8.07. The molecule has 0 aliphatic rings. The molecule has 0 amide bonds. The molecule has 0 unspecified atom stereocenters. The molecule has 0 bridgehead atoms. The fraction of sp³-hybridized carbons (Fsp3) is 1.00. The molecule has 50 valence electrons. The third-order valence-corrected chi connectivity index (χ3v) is 4.37. The van der Waals surface area contributed by atoms with E-state index in [2.05, 4.69) is 4.58 Å². The second-order valence-corrected chi connectivity index (χ2v) is 6.16. The first kappa shape index (κ1) is 8.27. The van der Waals surface area contributed by atoms with Crippen LogP contribution in [-0.2, 0) is 8.69 Å². The van der Waals surface area contributed by atoms with Gasteiger partial charge < -0.3 is 8.91 Å². The van der Waals surface area contributed by atoms with Crippen molar-refractivity contribution in [1.82, 2.24) is 0 Å². The Hall–Kier alpha value is 0.274. The van der Waals surface area contributed by atoms with Crippen LogP contribution in [0, 0.1) is 0 Å². The summed E-state index contributed by atoms with van der Waals surface area (Å²) < 4.78 is 8.71. The monoisotopic (exact) mass is 154 g/mol. The molecule has 0 heterocycles. The molecule has 6 heteroatoms. The first-order valence-corrected chi connectivity index (χ1v) is 6.22. The van der Waals surface area contributed by atoms with Gasteiger partial charge in [-0.25, -0.2) is 0 Å². The molecule has 0 fully saturated rings. The summed E-state index contributed by atoms with van der Waals surface area (Å²) in [6.07, 6.45) is 0. The Morgan fingerprint density at radius 1 is 1.50 bits per heavy atom. The largest absolute Gasteiger partial charge is 0.418 e. The Morgan fingerprint density at radius 2 is 2.00 bits per heavy atom. The maximum absolute atomic E-state index is 8.29. The van der Waals surface area contributed by atoms with Gasteiger partial charge in [0.15, 0.2) is 0 Å². The molecule has 0 aliphatic heterocycles. The van der Waals surface area contributed by atoms with E-state index in [1.807, 2.05) is 0 Å². The molecule has 8 heavy (non-hydrogen) atoms. The summed E-state index contributed by atoms with van der Waals surface area (Å²) >= 11 is 0. The van der Waals surface area contributed by atoms with Crippen LogP contribution in [0.25, 0.3) is 0 Å². The van der Waals surface area contributed by atoms with Crippen LogP contribution in [-0.4, -0.2) is 28.6 Å². The van der Waals surface area contributed by atoms with Crippen LogP contribution < -0.4 is 0 Å². The maximum Gasteiger partial charge on any atom is 0.359 e. The van der Waals surface area contributed by atoms with Gasteiger partial charge in [0, 0.05) is 0 Å². The van der Waals surface area contributed by atoms with Crippen LogP contribution in [0.2, 0.25) is 13.1 Å². The van der Waals surface area contributed by atoms with Crippen molar-refractivity contribution < 1.29 is 18.7 Å². The van der Waals surface area contributed by atoms with E-state index < -0.39 is 18.6 Å². The van der Waals surface area contributed by atoms with Crippen LogP contribution in [0.5, 0.6) is 0 Å². The molecule has 0 radical (unpaired) electrons. The number of rotatable bonds is 3. The van der Waals surface area contributed by atoms with E-state index in [1.165, 1.54) is 0 Å². The van der Waals surface area contributed by atoms with Crippen LogP contribution in [0.3, 0.4) is 0 Å². The molecule has 0 aromatic carbocycles. The van der Waals surface area contributed by atoms with Crippen LogP contribution in [0.15, 0.2) is 0 Å². The van der Waals surface area contributed by atoms with Gasteiger partial charge in [0.1, 0.15) is 0 Å². The highest BCUT2D eigenvalue weighted by Crippen LogP contribution is 2.00. The Morgan fingerprint density at radius 3 is 2.12 bits per heavy atom. The van der Waals surface area contributed by atoms with Gasteiger partial charge in [-0.1, -0.05) is 0 Å². The molecular formula is C2H10O4Si2. The summed E-state index contributed by atoms with van der Waals surface area (Å²) in [7, 11) is -3.73. The zero-order chi connectivity index (χ0) is 6.62. The van der Waals surface area contributed by atoms with E-state index in [0.29, 0.717) is 0 Å². The highest BCUT2D eigenvalue weighted by atomic mass is 28.4. The van der Waals surface area contributed by atoms with Crippen molar-refractivity contribution in [1.29, 1.82) is 0 Å². The average Bonchev–Trinajstić information content (AvgIpc) is 1.67. The summed E-state index contributed by atoms with van der Waals surface area (Å²) in [6, 6.07) is 0. The van der Waals surface area contributed by atoms with Crippen LogP contribution in [0.4, 0.5) is 0 Å². The molecule has 0 aromatic heterocycles. The lowest BCUT2D eigenvalue weighted by molar-refractivity contribution is -0.163. The van der Waals surface area contributed by atoms with Crippen molar-refractivity contribution in [3.63, 3.8) is 0 Å². The molecule has 0 rings (SSSR count). The summed E-state index contributed by atoms with van der Waals surface area (Å²) in [4.78, 5) is 8.29. The van der Waals surface area contributed by atoms with Crippen LogP contribution >= 0.6 is 0 Å². The SMILES string of the molecule is C[Si](C)(OO)O[SiH2]O. The Kier molecular flexibility index (Phi) is 3.44. The van der Waals surface area contributed by atoms with Gasteiger partial charge in [-0.3, -0.25) is 9.83 Å². The molecule has 0 saturated heterocycles. The van der Waals surface area contributed by atoms with Gasteiger partial charge in [0.05, 0.1) is 0 Å². The summed E-state index contributed by atoms with van der Waals surface area (Å²) in [5.41, 5.74) is 0. The summed E-state index contributed by atoms with van der Waals surface area (Å²) in [5.74, 6) is 0. The van der Waals surface area contributed by atoms with Crippen molar-refractivity contribution in [2.45, 2.75) is 13.1 Å². The minimum absolute atomic E-state index is 1.42. The second-order valence-electron chi connectivity index (χ2n) is 1.76. The molecule has 2 N–H and O–H groups in total. The lowest BCUT2D eigenvalue weighted by Gasteiger charge is -2.15. The summed E-state index contributed by atoms with van der Waals surface area (Å²) in [6.45, 7) is 3.30. The van der Waals surface area contributed by atoms with Crippen molar-refractivity contribution in [2.75, 3.05) is 0 Å². The molecule has 0 aromatic rings. The number of hydrogen-bond donors (Lipinski definition) is 2. The standard InChI is InChI=1S/C2H10O4Si2/c1-8(2,5-3)6-7-4/h3-4H,7H2,1-2H3. The Balaban J connectivity index is 3.37.